The van der Waals surface area contributed by atoms with Gasteiger partial charge >= 0.3 is 17.9 Å². The van der Waals surface area contributed by atoms with Gasteiger partial charge in [0, 0.05) is 19.3 Å². The molecule has 6 nitrogen and oxygen atoms in total. The smallest absolute Gasteiger partial charge is 0.306 e. The van der Waals surface area contributed by atoms with Gasteiger partial charge in [-0.3, -0.25) is 14.4 Å². The van der Waals surface area contributed by atoms with Crippen LogP contribution in [0.4, 0.5) is 0 Å². The molecule has 0 rings (SSSR count). The van der Waals surface area contributed by atoms with Crippen LogP contribution in [0.25, 0.3) is 0 Å². The van der Waals surface area contributed by atoms with E-state index in [1.807, 2.05) is 0 Å². The van der Waals surface area contributed by atoms with Crippen LogP contribution in [0, 0.1) is 0 Å². The van der Waals surface area contributed by atoms with Crippen LogP contribution in [0.3, 0.4) is 0 Å². The number of hydrogen-bond acceptors (Lipinski definition) is 6. The van der Waals surface area contributed by atoms with Crippen molar-refractivity contribution >= 4 is 17.9 Å². The Balaban J connectivity index is 4.62. The van der Waals surface area contributed by atoms with Crippen LogP contribution in [-0.2, 0) is 28.6 Å². The topological polar surface area (TPSA) is 78.9 Å². The quantitative estimate of drug-likeness (QED) is 0.0261. The molecule has 0 spiro atoms. The lowest BCUT2D eigenvalue weighted by molar-refractivity contribution is -0.167. The fraction of sp³-hybridized carbons (Fsp3) is 0.480. The number of unbranched alkanes of at least 4 members (excludes halogenated alkanes) is 6. The Morgan fingerprint density at radius 1 is 0.247 bits per heavy atom. The first-order valence-electron chi connectivity index (χ1n) is 31.2. The van der Waals surface area contributed by atoms with Crippen molar-refractivity contribution < 1.29 is 28.6 Å². The van der Waals surface area contributed by atoms with Crippen LogP contribution >= 0.6 is 0 Å². The fourth-order valence-corrected chi connectivity index (χ4v) is 7.39. The van der Waals surface area contributed by atoms with Gasteiger partial charge in [0.25, 0.3) is 0 Å². The van der Waals surface area contributed by atoms with Crippen LogP contribution in [0.1, 0.15) is 213 Å². The Labute approximate surface area is 495 Å². The molecule has 0 amide bonds. The van der Waals surface area contributed by atoms with Gasteiger partial charge in [0.05, 0.1) is 0 Å². The minimum absolute atomic E-state index is 0.145. The predicted octanol–water partition coefficient (Wildman–Crippen LogP) is 21.8. The summed E-state index contributed by atoms with van der Waals surface area (Å²) in [6.45, 7) is 6.16. The highest BCUT2D eigenvalue weighted by atomic mass is 16.6. The van der Waals surface area contributed by atoms with Crippen molar-refractivity contribution in [1.82, 2.24) is 0 Å². The second-order valence-corrected chi connectivity index (χ2v) is 19.5. The molecule has 0 aliphatic heterocycles. The molecule has 0 saturated heterocycles. The molecular weight excluding hydrogens is 997 g/mol. The van der Waals surface area contributed by atoms with Gasteiger partial charge in [-0.25, -0.2) is 0 Å². The van der Waals surface area contributed by atoms with E-state index < -0.39 is 6.10 Å². The summed E-state index contributed by atoms with van der Waals surface area (Å²) in [5.74, 6) is -1.09. The first-order chi connectivity index (χ1) is 40.0. The first-order valence-corrected chi connectivity index (χ1v) is 31.2. The summed E-state index contributed by atoms with van der Waals surface area (Å²) in [5, 5.41) is 0. The van der Waals surface area contributed by atoms with Gasteiger partial charge in [-0.15, -0.1) is 0 Å². The summed E-state index contributed by atoms with van der Waals surface area (Å²) in [6, 6.07) is 0. The maximum absolute atomic E-state index is 12.9. The van der Waals surface area contributed by atoms with Crippen molar-refractivity contribution in [2.24, 2.45) is 0 Å². The highest BCUT2D eigenvalue weighted by molar-refractivity contribution is 5.71. The molecule has 0 aromatic rings. The number of rotatable bonds is 53. The molecule has 0 fully saturated rings. The van der Waals surface area contributed by atoms with E-state index in [9.17, 15) is 14.4 Å². The third kappa shape index (κ3) is 64.4. The lowest BCUT2D eigenvalue weighted by atomic mass is 10.1. The molecule has 0 heterocycles. The van der Waals surface area contributed by atoms with Crippen LogP contribution in [-0.4, -0.2) is 37.2 Å². The van der Waals surface area contributed by atoms with Gasteiger partial charge in [0.2, 0.25) is 0 Å². The Morgan fingerprint density at radius 2 is 0.432 bits per heavy atom. The number of carbonyl (C=O) groups is 3. The Morgan fingerprint density at radius 3 is 0.642 bits per heavy atom. The number of carbonyl (C=O) groups excluding carboxylic acids is 3. The van der Waals surface area contributed by atoms with Crippen molar-refractivity contribution in [3.63, 3.8) is 0 Å². The van der Waals surface area contributed by atoms with E-state index in [0.29, 0.717) is 19.3 Å². The van der Waals surface area contributed by atoms with Gasteiger partial charge in [0.15, 0.2) is 6.10 Å². The van der Waals surface area contributed by atoms with Gasteiger partial charge in [0.1, 0.15) is 13.2 Å². The maximum atomic E-state index is 12.9. The molecule has 0 radical (unpaired) electrons. The first kappa shape index (κ1) is 74.7. The van der Waals surface area contributed by atoms with Crippen LogP contribution in [0.15, 0.2) is 219 Å². The van der Waals surface area contributed by atoms with Crippen molar-refractivity contribution in [1.29, 1.82) is 0 Å². The Hall–Kier alpha value is -6.27. The van der Waals surface area contributed by atoms with E-state index in [2.05, 4.69) is 240 Å². The zero-order chi connectivity index (χ0) is 58.5. The third-order valence-corrected chi connectivity index (χ3v) is 12.0. The SMILES string of the molecule is CC/C=C\C/C=C\C/C=C\C/C=C\C/C=C\C/C=C\C/C=C\C/C=C\CCCCC(=O)OCC(COC(=O)CCCC/C=C\C/C=C\C/C=C\C/C=C\CC)OC(=O)CCCC/C=C\C/C=C\C/C=C\C/C=C\C/C=C\C/C=C\CC. The number of esters is 3. The van der Waals surface area contributed by atoms with Crippen molar-refractivity contribution in [2.45, 2.75) is 219 Å². The monoisotopic (exact) mass is 1110 g/mol. The number of allylic oxidation sites excluding steroid dienone is 36. The lowest BCUT2D eigenvalue weighted by Crippen LogP contribution is -2.30. The normalized spacial score (nSPS) is 13.7. The zero-order valence-electron chi connectivity index (χ0n) is 50.9. The molecule has 0 saturated carbocycles. The van der Waals surface area contributed by atoms with Crippen LogP contribution in [0.2, 0.25) is 0 Å². The predicted molar refractivity (Wildman–Crippen MR) is 352 cm³/mol. The van der Waals surface area contributed by atoms with E-state index in [1.54, 1.807) is 0 Å². The molecule has 0 bridgehead atoms. The summed E-state index contributed by atoms with van der Waals surface area (Å²) >= 11 is 0. The van der Waals surface area contributed by atoms with E-state index >= 15 is 0 Å². The Kier molecular flexibility index (Phi) is 61.1. The summed E-state index contributed by atoms with van der Waals surface area (Å²) in [7, 11) is 0. The summed E-state index contributed by atoms with van der Waals surface area (Å²) in [4.78, 5) is 38.3. The highest BCUT2D eigenvalue weighted by Crippen LogP contribution is 2.10. The summed E-state index contributed by atoms with van der Waals surface area (Å²) in [5.41, 5.74) is 0. The standard InChI is InChI=1S/C75H110O6/c1-4-7-10-13-16-19-22-25-28-30-32-34-35-36-37-38-39-41-42-44-47-50-53-56-59-62-65-68-74(77)80-71-72(70-79-73(76)67-64-61-58-55-52-49-46-27-24-21-18-15-12-9-6-3)81-75(78)69-66-63-60-57-54-51-48-45-43-40-33-31-29-26-23-20-17-14-11-8-5-2/h7-12,16-21,25-29,32-34,36-37,39-41,44-48,52-57,72H,4-6,13-15,22-24,30-31,35,38,42-43,49-51,58-71H2,1-3H3/b10-7-,11-8-,12-9-,19-16-,20-17-,21-18-,28-25-,29-26-,34-32-,37-36-,40-33-,41-39-,46-27-,47-44-,48-45-,55-52-,56-53-,57-54-. The van der Waals surface area contributed by atoms with E-state index in [4.69, 9.17) is 14.2 Å². The molecule has 0 aromatic heterocycles. The molecule has 6 heteroatoms. The lowest BCUT2D eigenvalue weighted by Gasteiger charge is -2.18. The number of ether oxygens (including phenoxy) is 3. The summed E-state index contributed by atoms with van der Waals surface area (Å²) < 4.78 is 16.8. The molecule has 446 valence electrons. The summed E-state index contributed by atoms with van der Waals surface area (Å²) in [6.07, 6.45) is 104. The van der Waals surface area contributed by atoms with E-state index in [-0.39, 0.29) is 50.4 Å². The van der Waals surface area contributed by atoms with Gasteiger partial charge in [-0.05, 0) is 173 Å². The highest BCUT2D eigenvalue weighted by Gasteiger charge is 2.19. The molecular formula is C75H110O6. The van der Waals surface area contributed by atoms with Crippen LogP contribution < -0.4 is 0 Å². The van der Waals surface area contributed by atoms with E-state index in [1.165, 1.54) is 0 Å². The molecule has 0 N–H and O–H groups in total. The average Bonchev–Trinajstić information content (AvgIpc) is 3.47. The second-order valence-electron chi connectivity index (χ2n) is 19.5. The van der Waals surface area contributed by atoms with Crippen molar-refractivity contribution in [3.8, 4) is 0 Å². The molecule has 0 aromatic carbocycles. The van der Waals surface area contributed by atoms with Crippen LogP contribution in [0.5, 0.6) is 0 Å². The molecule has 1 unspecified atom stereocenters. The van der Waals surface area contributed by atoms with Crippen molar-refractivity contribution in [3.05, 3.63) is 219 Å². The average molecular weight is 1110 g/mol. The second kappa shape index (κ2) is 66.2. The maximum Gasteiger partial charge on any atom is 0.306 e. The van der Waals surface area contributed by atoms with Crippen molar-refractivity contribution in [2.75, 3.05) is 13.2 Å². The molecule has 0 aliphatic carbocycles. The molecule has 1 atom stereocenters. The number of hydrogen-bond donors (Lipinski definition) is 0. The minimum Gasteiger partial charge on any atom is -0.462 e. The third-order valence-electron chi connectivity index (χ3n) is 12.0. The fourth-order valence-electron chi connectivity index (χ4n) is 7.39. The largest absolute Gasteiger partial charge is 0.462 e. The molecule has 0 aliphatic rings. The minimum atomic E-state index is -0.853. The van der Waals surface area contributed by atoms with Gasteiger partial charge < -0.3 is 14.2 Å². The van der Waals surface area contributed by atoms with Gasteiger partial charge in [-0.1, -0.05) is 240 Å². The molecule has 81 heavy (non-hydrogen) atoms. The van der Waals surface area contributed by atoms with Gasteiger partial charge in [-0.2, -0.15) is 0 Å². The van der Waals surface area contributed by atoms with E-state index in [0.717, 1.165) is 154 Å². The zero-order valence-corrected chi connectivity index (χ0v) is 50.9. The Bertz CT molecular complexity index is 2050.